The summed E-state index contributed by atoms with van der Waals surface area (Å²) in [5.74, 6) is 0.00270. The molecule has 146 valence electrons. The average Bonchev–Trinajstić information content (AvgIpc) is 2.63. The first-order valence-corrected chi connectivity index (χ1v) is 9.94. The number of carbonyl (C=O) groups excluding carboxylic acids is 1. The monoisotopic (exact) mass is 394 g/mol. The molecule has 3 rings (SSSR count). The Morgan fingerprint density at radius 1 is 0.929 bits per heavy atom. The van der Waals surface area contributed by atoms with Gasteiger partial charge in [0.25, 0.3) is 0 Å². The molecule has 0 spiro atoms. The Hall–Kier alpha value is -2.16. The van der Waals surface area contributed by atoms with Crippen LogP contribution < -0.4 is 0 Å². The maximum Gasteiger partial charge on any atom is 0.163 e. The zero-order valence-corrected chi connectivity index (χ0v) is 18.1. The summed E-state index contributed by atoms with van der Waals surface area (Å²) in [6.07, 6.45) is -0.631. The van der Waals surface area contributed by atoms with Gasteiger partial charge in [-0.15, -0.1) is 0 Å². The fourth-order valence-corrected chi connectivity index (χ4v) is 3.84. The molecule has 3 heteroatoms. The Bertz CT molecular complexity index is 1030. The smallest absolute Gasteiger partial charge is 0.163 e. The van der Waals surface area contributed by atoms with Gasteiger partial charge in [0.05, 0.1) is 5.60 Å². The van der Waals surface area contributed by atoms with Gasteiger partial charge < -0.3 is 4.74 Å². The second-order valence-corrected chi connectivity index (χ2v) is 8.75. The molecule has 2 nitrogen and oxygen atoms in total. The number of hydrogen-bond acceptors (Lipinski definition) is 2. The van der Waals surface area contributed by atoms with Gasteiger partial charge in [0, 0.05) is 5.02 Å². The molecule has 0 aliphatic carbocycles. The lowest BCUT2D eigenvalue weighted by atomic mass is 9.83. The number of halogens is 1. The van der Waals surface area contributed by atoms with E-state index in [-0.39, 0.29) is 5.78 Å². The van der Waals surface area contributed by atoms with Crippen LogP contribution in [0.4, 0.5) is 0 Å². The van der Waals surface area contributed by atoms with Crippen molar-refractivity contribution in [1.82, 2.24) is 0 Å². The lowest BCUT2D eigenvalue weighted by Gasteiger charge is -2.30. The number of ether oxygens (including phenoxy) is 1. The topological polar surface area (TPSA) is 26.3 Å². The molecule has 1 atom stereocenters. The van der Waals surface area contributed by atoms with E-state index in [0.29, 0.717) is 5.02 Å². The van der Waals surface area contributed by atoms with E-state index in [1.54, 1.807) is 6.92 Å². The minimum Gasteiger partial charge on any atom is -0.360 e. The first-order valence-electron chi connectivity index (χ1n) is 9.56. The minimum absolute atomic E-state index is 0.00270. The maximum absolute atomic E-state index is 12.7. The maximum atomic E-state index is 12.7. The Labute approximate surface area is 172 Å². The third-order valence-corrected chi connectivity index (χ3v) is 5.32. The van der Waals surface area contributed by atoms with Crippen LogP contribution in [0.1, 0.15) is 50.5 Å². The molecule has 0 saturated heterocycles. The lowest BCUT2D eigenvalue weighted by Crippen LogP contribution is -2.27. The molecule has 0 N–H and O–H groups in total. The van der Waals surface area contributed by atoms with Crippen LogP contribution in [0.15, 0.2) is 48.5 Å². The molecule has 0 saturated carbocycles. The minimum atomic E-state index is -0.631. The van der Waals surface area contributed by atoms with Gasteiger partial charge in [0.1, 0.15) is 6.10 Å². The Kier molecular flexibility index (Phi) is 5.65. The Balaban J connectivity index is 2.43. The highest BCUT2D eigenvalue weighted by atomic mass is 35.5. The van der Waals surface area contributed by atoms with E-state index in [0.717, 1.165) is 27.6 Å². The van der Waals surface area contributed by atoms with Crippen LogP contribution in [0.2, 0.25) is 5.02 Å². The molecule has 28 heavy (non-hydrogen) atoms. The Morgan fingerprint density at radius 2 is 1.50 bits per heavy atom. The molecule has 1 unspecified atom stereocenters. The van der Waals surface area contributed by atoms with Crippen LogP contribution in [-0.2, 0) is 9.53 Å². The molecule has 0 fully saturated rings. The van der Waals surface area contributed by atoms with Gasteiger partial charge in [0.2, 0.25) is 0 Å². The largest absolute Gasteiger partial charge is 0.360 e. The normalized spacial score (nSPS) is 13.0. The summed E-state index contributed by atoms with van der Waals surface area (Å²) in [5, 5.41) is 2.99. The molecule has 0 bridgehead atoms. The summed E-state index contributed by atoms with van der Waals surface area (Å²) in [4.78, 5) is 12.7. The van der Waals surface area contributed by atoms with Crippen molar-refractivity contribution in [2.24, 2.45) is 0 Å². The second-order valence-electron chi connectivity index (χ2n) is 8.31. The highest BCUT2D eigenvalue weighted by molar-refractivity contribution is 6.30. The van der Waals surface area contributed by atoms with Crippen molar-refractivity contribution in [3.8, 4) is 11.1 Å². The summed E-state index contributed by atoms with van der Waals surface area (Å²) in [6.45, 7) is 11.7. The van der Waals surface area contributed by atoms with E-state index in [1.807, 2.05) is 57.2 Å². The van der Waals surface area contributed by atoms with E-state index < -0.39 is 11.7 Å². The molecule has 0 aromatic heterocycles. The van der Waals surface area contributed by atoms with Gasteiger partial charge >= 0.3 is 0 Å². The van der Waals surface area contributed by atoms with Crippen LogP contribution in [0.25, 0.3) is 21.9 Å². The number of carbonyl (C=O) groups is 1. The SMILES string of the molecule is CC(=O)C(OC(C)(C)C)c1c(C)c(C)c2ccccc2c1-c1ccc(Cl)cc1. The van der Waals surface area contributed by atoms with E-state index in [1.165, 1.54) is 10.9 Å². The molecule has 0 aliphatic heterocycles. The number of ketones is 1. The standard InChI is InChI=1S/C25H27ClO2/c1-15-16(2)22(24(17(3)27)28-25(4,5)6)23(18-11-13-19(26)14-12-18)21-10-8-7-9-20(15)21/h7-14,24H,1-6H3. The predicted molar refractivity (Wildman–Crippen MR) is 118 cm³/mol. The van der Waals surface area contributed by atoms with Crippen molar-refractivity contribution in [3.63, 3.8) is 0 Å². The van der Waals surface area contributed by atoms with E-state index in [9.17, 15) is 4.79 Å². The number of fused-ring (bicyclic) bond motifs is 1. The molecular weight excluding hydrogens is 368 g/mol. The summed E-state index contributed by atoms with van der Waals surface area (Å²) < 4.78 is 6.28. The molecule has 0 amide bonds. The molecule has 0 radical (unpaired) electrons. The van der Waals surface area contributed by atoms with Crippen molar-refractivity contribution >= 4 is 28.2 Å². The average molecular weight is 395 g/mol. The van der Waals surface area contributed by atoms with Crippen LogP contribution in [0.3, 0.4) is 0 Å². The fourth-order valence-electron chi connectivity index (χ4n) is 3.72. The number of hydrogen-bond donors (Lipinski definition) is 0. The summed E-state index contributed by atoms with van der Waals surface area (Å²) in [5.41, 5.74) is 4.84. The Morgan fingerprint density at radius 3 is 2.04 bits per heavy atom. The van der Waals surface area contributed by atoms with Gasteiger partial charge in [-0.25, -0.2) is 0 Å². The summed E-state index contributed by atoms with van der Waals surface area (Å²) in [7, 11) is 0. The van der Waals surface area contributed by atoms with Crippen LogP contribution in [-0.4, -0.2) is 11.4 Å². The van der Waals surface area contributed by atoms with Gasteiger partial charge in [-0.1, -0.05) is 48.0 Å². The third kappa shape index (κ3) is 3.99. The van der Waals surface area contributed by atoms with Crippen molar-refractivity contribution in [2.45, 2.75) is 53.2 Å². The molecule has 3 aromatic rings. The van der Waals surface area contributed by atoms with Gasteiger partial charge in [-0.2, -0.15) is 0 Å². The van der Waals surface area contributed by atoms with Gasteiger partial charge in [-0.05, 0) is 92.3 Å². The van der Waals surface area contributed by atoms with Crippen LogP contribution in [0, 0.1) is 13.8 Å². The van der Waals surface area contributed by atoms with E-state index >= 15 is 0 Å². The third-order valence-electron chi connectivity index (χ3n) is 5.07. The zero-order chi connectivity index (χ0) is 20.6. The van der Waals surface area contributed by atoms with Crippen LogP contribution >= 0.6 is 11.6 Å². The number of aryl methyl sites for hydroxylation is 1. The highest BCUT2D eigenvalue weighted by Crippen LogP contribution is 2.42. The van der Waals surface area contributed by atoms with Gasteiger partial charge in [0.15, 0.2) is 5.78 Å². The fraction of sp³-hybridized carbons (Fsp3) is 0.320. The molecule has 0 heterocycles. The number of Topliss-reactive ketones (excluding diaryl/α,β-unsaturated/α-hetero) is 1. The van der Waals surface area contributed by atoms with Crippen molar-refractivity contribution in [1.29, 1.82) is 0 Å². The van der Waals surface area contributed by atoms with Crippen molar-refractivity contribution in [2.75, 3.05) is 0 Å². The predicted octanol–water partition coefficient (Wildman–Crippen LogP) is 7.22. The zero-order valence-electron chi connectivity index (χ0n) is 17.4. The number of rotatable bonds is 4. The molecule has 0 aliphatic rings. The van der Waals surface area contributed by atoms with Crippen molar-refractivity contribution < 1.29 is 9.53 Å². The summed E-state index contributed by atoms with van der Waals surface area (Å²) >= 11 is 6.13. The summed E-state index contributed by atoms with van der Waals surface area (Å²) in [6, 6.07) is 16.1. The van der Waals surface area contributed by atoms with Crippen LogP contribution in [0.5, 0.6) is 0 Å². The lowest BCUT2D eigenvalue weighted by molar-refractivity contribution is -0.138. The highest BCUT2D eigenvalue weighted by Gasteiger charge is 2.30. The van der Waals surface area contributed by atoms with E-state index in [2.05, 4.69) is 26.0 Å². The van der Waals surface area contributed by atoms with Gasteiger partial charge in [-0.3, -0.25) is 4.79 Å². The first-order chi connectivity index (χ1) is 13.1. The quantitative estimate of drug-likeness (QED) is 0.466. The molecular formula is C25H27ClO2. The molecule has 3 aromatic carbocycles. The first kappa shape index (κ1) is 20.6. The van der Waals surface area contributed by atoms with Crippen molar-refractivity contribution in [3.05, 3.63) is 70.2 Å². The van der Waals surface area contributed by atoms with E-state index in [4.69, 9.17) is 16.3 Å². The second kappa shape index (κ2) is 7.69. The number of benzene rings is 3.